The van der Waals surface area contributed by atoms with Gasteiger partial charge in [0.05, 0.1) is 23.8 Å². The van der Waals surface area contributed by atoms with Crippen LogP contribution in [0.2, 0.25) is 5.02 Å². The molecule has 0 spiro atoms. The Kier molecular flexibility index (Phi) is 7.11. The predicted octanol–water partition coefficient (Wildman–Crippen LogP) is 3.14. The highest BCUT2D eigenvalue weighted by molar-refractivity contribution is 7.92. The predicted molar refractivity (Wildman–Crippen MR) is 122 cm³/mol. The highest BCUT2D eigenvalue weighted by Crippen LogP contribution is 2.29. The van der Waals surface area contributed by atoms with Crippen molar-refractivity contribution in [3.8, 4) is 0 Å². The Hall–Kier alpha value is -3.44. The smallest absolute Gasteiger partial charge is 0.248 e. The number of carbonyl (C=O) groups excluding carboxylic acids is 1. The monoisotopic (exact) mass is 478 g/mol. The second-order valence-electron chi connectivity index (χ2n) is 6.78. The molecular weight excluding hydrogens is 459 g/mol. The summed E-state index contributed by atoms with van der Waals surface area (Å²) in [5.41, 5.74) is 6.42. The van der Waals surface area contributed by atoms with Crippen molar-refractivity contribution >= 4 is 50.7 Å². The van der Waals surface area contributed by atoms with Crippen LogP contribution < -0.4 is 21.1 Å². The molecule has 168 valence electrons. The summed E-state index contributed by atoms with van der Waals surface area (Å²) in [4.78, 5) is 19.5. The molecule has 3 rings (SSSR count). The Morgan fingerprint density at radius 1 is 1.19 bits per heavy atom. The lowest BCUT2D eigenvalue weighted by Gasteiger charge is -2.14. The fourth-order valence-corrected chi connectivity index (χ4v) is 3.48. The summed E-state index contributed by atoms with van der Waals surface area (Å²) in [5, 5.41) is 6.18. The number of nitrogens with two attached hydrogens (primary N) is 1. The van der Waals surface area contributed by atoms with Gasteiger partial charge in [-0.15, -0.1) is 0 Å². The van der Waals surface area contributed by atoms with Gasteiger partial charge in [-0.05, 0) is 36.2 Å². The van der Waals surface area contributed by atoms with Crippen LogP contribution in [0, 0.1) is 5.82 Å². The van der Waals surface area contributed by atoms with E-state index in [1.165, 1.54) is 18.3 Å². The van der Waals surface area contributed by atoms with Crippen molar-refractivity contribution in [2.24, 2.45) is 5.73 Å². The van der Waals surface area contributed by atoms with Crippen LogP contribution in [0.3, 0.4) is 0 Å². The molecule has 1 amide bonds. The van der Waals surface area contributed by atoms with Crippen LogP contribution in [0.5, 0.6) is 0 Å². The summed E-state index contributed by atoms with van der Waals surface area (Å²) in [6.07, 6.45) is 2.74. The summed E-state index contributed by atoms with van der Waals surface area (Å²) in [6, 6.07) is 10.7. The van der Waals surface area contributed by atoms with Crippen molar-refractivity contribution in [2.45, 2.75) is 6.42 Å². The van der Waals surface area contributed by atoms with Gasteiger partial charge in [-0.3, -0.25) is 9.52 Å². The van der Waals surface area contributed by atoms with Crippen LogP contribution in [0.15, 0.2) is 48.7 Å². The number of nitrogens with one attached hydrogen (secondary N) is 3. The largest absolute Gasteiger partial charge is 0.366 e. The fourth-order valence-electron chi connectivity index (χ4n) is 2.76. The summed E-state index contributed by atoms with van der Waals surface area (Å²) in [6.45, 7) is 0.306. The number of aromatic nitrogens is 2. The number of amides is 1. The van der Waals surface area contributed by atoms with Crippen LogP contribution >= 0.6 is 11.6 Å². The average molecular weight is 479 g/mol. The first-order valence-electron chi connectivity index (χ1n) is 9.31. The van der Waals surface area contributed by atoms with Gasteiger partial charge in [0, 0.05) is 12.1 Å². The highest BCUT2D eigenvalue weighted by Gasteiger charge is 2.12. The van der Waals surface area contributed by atoms with Gasteiger partial charge in [0.15, 0.2) is 5.82 Å². The third-order valence-electron chi connectivity index (χ3n) is 4.23. The molecule has 1 aromatic heterocycles. The van der Waals surface area contributed by atoms with Crippen molar-refractivity contribution in [3.63, 3.8) is 0 Å². The quantitative estimate of drug-likeness (QED) is 0.370. The average Bonchev–Trinajstić information content (AvgIpc) is 2.71. The van der Waals surface area contributed by atoms with Crippen molar-refractivity contribution in [1.82, 2.24) is 9.97 Å². The summed E-state index contributed by atoms with van der Waals surface area (Å²) in [5.74, 6) is -0.738. The molecule has 9 nitrogen and oxygen atoms in total. The number of carbonyl (C=O) groups is 1. The Balaban J connectivity index is 1.70. The van der Waals surface area contributed by atoms with Crippen LogP contribution in [0.1, 0.15) is 15.9 Å². The van der Waals surface area contributed by atoms with Gasteiger partial charge in [0.1, 0.15) is 10.8 Å². The van der Waals surface area contributed by atoms with Gasteiger partial charge in [0.2, 0.25) is 21.9 Å². The van der Waals surface area contributed by atoms with E-state index in [2.05, 4.69) is 25.3 Å². The summed E-state index contributed by atoms with van der Waals surface area (Å²) >= 11 is 6.18. The lowest BCUT2D eigenvalue weighted by molar-refractivity contribution is 0.1000. The van der Waals surface area contributed by atoms with E-state index in [9.17, 15) is 17.6 Å². The molecule has 3 aromatic rings. The van der Waals surface area contributed by atoms with Crippen molar-refractivity contribution in [1.29, 1.82) is 0 Å². The molecule has 0 radical (unpaired) electrons. The second-order valence-corrected chi connectivity index (χ2v) is 8.94. The zero-order valence-electron chi connectivity index (χ0n) is 16.9. The maximum atomic E-state index is 14.1. The van der Waals surface area contributed by atoms with E-state index in [-0.39, 0.29) is 22.4 Å². The van der Waals surface area contributed by atoms with E-state index in [0.29, 0.717) is 29.9 Å². The Labute approximate surface area is 189 Å². The summed E-state index contributed by atoms with van der Waals surface area (Å²) in [7, 11) is -3.48. The van der Waals surface area contributed by atoms with E-state index in [4.69, 9.17) is 17.3 Å². The first-order valence-corrected chi connectivity index (χ1v) is 11.6. The Bertz CT molecular complexity index is 1260. The molecule has 5 N–H and O–H groups in total. The standard InChI is InChI=1S/C20H20ClFN6O3S/c1-32(30,31)28-17-5-3-2-4-16(17)26-19-14(21)11-25-20(27-19)24-9-8-12-6-7-13(18(23)29)10-15(12)22/h2-7,10-11,28H,8-9H2,1H3,(H2,23,29)(H2,24,25,26,27). The molecular formula is C20H20ClFN6O3S. The van der Waals surface area contributed by atoms with E-state index < -0.39 is 21.7 Å². The normalized spacial score (nSPS) is 11.1. The minimum absolute atomic E-state index is 0.0987. The van der Waals surface area contributed by atoms with Crippen molar-refractivity contribution in [3.05, 3.63) is 70.6 Å². The fraction of sp³-hybridized carbons (Fsp3) is 0.150. The molecule has 0 bridgehead atoms. The number of rotatable bonds is 9. The van der Waals surface area contributed by atoms with Crippen molar-refractivity contribution in [2.75, 3.05) is 28.2 Å². The molecule has 0 saturated heterocycles. The van der Waals surface area contributed by atoms with Gasteiger partial charge < -0.3 is 16.4 Å². The maximum absolute atomic E-state index is 14.1. The molecule has 0 atom stereocenters. The van der Waals surface area contributed by atoms with Crippen LogP contribution in [0.4, 0.5) is 27.5 Å². The van der Waals surface area contributed by atoms with E-state index >= 15 is 0 Å². The third kappa shape index (κ3) is 6.28. The molecule has 0 aliphatic heterocycles. The number of anilines is 4. The number of primary amides is 1. The van der Waals surface area contributed by atoms with Gasteiger partial charge in [-0.2, -0.15) is 4.98 Å². The zero-order chi connectivity index (χ0) is 23.3. The van der Waals surface area contributed by atoms with E-state index in [1.54, 1.807) is 24.3 Å². The number of para-hydroxylation sites is 2. The first kappa shape index (κ1) is 23.2. The molecule has 2 aromatic carbocycles. The molecule has 32 heavy (non-hydrogen) atoms. The molecule has 0 saturated carbocycles. The minimum atomic E-state index is -3.48. The number of benzene rings is 2. The highest BCUT2D eigenvalue weighted by atomic mass is 35.5. The summed E-state index contributed by atoms with van der Waals surface area (Å²) < 4.78 is 39.7. The van der Waals surface area contributed by atoms with Gasteiger partial charge in [0.25, 0.3) is 0 Å². The number of hydrogen-bond acceptors (Lipinski definition) is 7. The molecule has 0 aliphatic carbocycles. The molecule has 1 heterocycles. The van der Waals surface area contributed by atoms with Crippen molar-refractivity contribution < 1.29 is 17.6 Å². The lowest BCUT2D eigenvalue weighted by Crippen LogP contribution is -2.13. The Morgan fingerprint density at radius 3 is 2.56 bits per heavy atom. The van der Waals surface area contributed by atoms with Gasteiger partial charge in [-0.1, -0.05) is 29.8 Å². The number of halogens is 2. The first-order chi connectivity index (χ1) is 15.1. The van der Waals surface area contributed by atoms with Crippen LogP contribution in [0.25, 0.3) is 0 Å². The van der Waals surface area contributed by atoms with Crippen LogP contribution in [-0.2, 0) is 16.4 Å². The topological polar surface area (TPSA) is 139 Å². The van der Waals surface area contributed by atoms with Crippen LogP contribution in [-0.4, -0.2) is 37.1 Å². The molecule has 0 aliphatic rings. The number of hydrogen-bond donors (Lipinski definition) is 4. The van der Waals surface area contributed by atoms with Gasteiger partial charge >= 0.3 is 0 Å². The number of sulfonamides is 1. The third-order valence-corrected chi connectivity index (χ3v) is 5.10. The number of nitrogens with zero attached hydrogens (tertiary/aromatic N) is 2. The Morgan fingerprint density at radius 2 is 1.91 bits per heavy atom. The van der Waals surface area contributed by atoms with Gasteiger partial charge in [-0.25, -0.2) is 17.8 Å². The molecule has 0 fully saturated rings. The molecule has 12 heteroatoms. The van der Waals surface area contributed by atoms with E-state index in [1.807, 2.05) is 0 Å². The minimum Gasteiger partial charge on any atom is -0.366 e. The second kappa shape index (κ2) is 9.79. The SMILES string of the molecule is CS(=O)(=O)Nc1ccccc1Nc1nc(NCCc2ccc(C(N)=O)cc2F)ncc1Cl. The van der Waals surface area contributed by atoms with E-state index in [0.717, 1.165) is 12.3 Å². The molecule has 0 unspecified atom stereocenters. The zero-order valence-corrected chi connectivity index (χ0v) is 18.5. The lowest BCUT2D eigenvalue weighted by atomic mass is 10.1. The maximum Gasteiger partial charge on any atom is 0.248 e.